The summed E-state index contributed by atoms with van der Waals surface area (Å²) in [5, 5.41) is 3.56. The first kappa shape index (κ1) is 21.7. The fraction of sp³-hybridized carbons (Fsp3) is 0.417. The van der Waals surface area contributed by atoms with Crippen LogP contribution in [0.5, 0.6) is 5.75 Å². The maximum atomic E-state index is 13.3. The maximum absolute atomic E-state index is 13.3. The Morgan fingerprint density at radius 3 is 2.84 bits per heavy atom. The lowest BCUT2D eigenvalue weighted by Crippen LogP contribution is -2.48. The summed E-state index contributed by atoms with van der Waals surface area (Å²) in [6.07, 6.45) is 1.56. The van der Waals surface area contributed by atoms with Gasteiger partial charge in [0.2, 0.25) is 5.91 Å². The first-order valence-electron chi connectivity index (χ1n) is 10.6. The number of halogens is 1. The second-order valence-electron chi connectivity index (χ2n) is 8.21. The number of fused-ring (bicyclic) bond motifs is 1. The van der Waals surface area contributed by atoms with Gasteiger partial charge in [-0.1, -0.05) is 23.7 Å². The Balaban J connectivity index is 1.47. The van der Waals surface area contributed by atoms with E-state index in [0.717, 1.165) is 35.2 Å². The van der Waals surface area contributed by atoms with Gasteiger partial charge in [0, 0.05) is 30.3 Å². The topological polar surface area (TPSA) is 67.9 Å². The van der Waals surface area contributed by atoms with Crippen LogP contribution in [0.2, 0.25) is 5.02 Å². The number of nitrogens with zero attached hydrogens (tertiary/aromatic N) is 1. The number of hydrogen-bond acceptors (Lipinski definition) is 4. The van der Waals surface area contributed by atoms with Crippen LogP contribution in [0.15, 0.2) is 36.4 Å². The molecule has 2 aliphatic rings. The molecule has 164 valence electrons. The minimum absolute atomic E-state index is 0.0525. The highest BCUT2D eigenvalue weighted by atomic mass is 35.5. The van der Waals surface area contributed by atoms with Crippen LogP contribution in [0, 0.1) is 13.8 Å². The van der Waals surface area contributed by atoms with Crippen LogP contribution >= 0.6 is 11.6 Å². The molecule has 2 amide bonds. The number of amides is 2. The first-order chi connectivity index (χ1) is 14.9. The highest BCUT2D eigenvalue weighted by Gasteiger charge is 2.35. The Labute approximate surface area is 187 Å². The zero-order chi connectivity index (χ0) is 22.0. The van der Waals surface area contributed by atoms with E-state index in [1.165, 1.54) is 0 Å². The molecule has 0 bridgehead atoms. The summed E-state index contributed by atoms with van der Waals surface area (Å²) in [4.78, 5) is 27.7. The lowest BCUT2D eigenvalue weighted by molar-refractivity contribution is -0.142. The van der Waals surface area contributed by atoms with E-state index in [1.54, 1.807) is 17.0 Å². The van der Waals surface area contributed by atoms with Crippen molar-refractivity contribution in [2.24, 2.45) is 0 Å². The molecule has 0 saturated carbocycles. The minimum atomic E-state index is -0.664. The predicted octanol–water partition coefficient (Wildman–Crippen LogP) is 3.91. The molecule has 0 aliphatic carbocycles. The van der Waals surface area contributed by atoms with Crippen molar-refractivity contribution in [2.75, 3.05) is 25.0 Å². The van der Waals surface area contributed by atoms with Gasteiger partial charge in [0.1, 0.15) is 12.3 Å². The van der Waals surface area contributed by atoms with Crippen LogP contribution in [0.1, 0.15) is 29.5 Å². The number of anilines is 1. The van der Waals surface area contributed by atoms with Crippen molar-refractivity contribution in [3.05, 3.63) is 58.1 Å². The summed E-state index contributed by atoms with van der Waals surface area (Å²) < 4.78 is 11.6. The highest BCUT2D eigenvalue weighted by molar-refractivity contribution is 6.30. The van der Waals surface area contributed by atoms with Crippen molar-refractivity contribution in [2.45, 2.75) is 45.3 Å². The van der Waals surface area contributed by atoms with Crippen LogP contribution in [0.3, 0.4) is 0 Å². The molecule has 2 aliphatic heterocycles. The number of hydrogen-bond donors (Lipinski definition) is 1. The largest absolute Gasteiger partial charge is 0.480 e. The average Bonchev–Trinajstić information content (AvgIpc) is 3.39. The number of ether oxygens (including phenoxy) is 2. The highest BCUT2D eigenvalue weighted by Crippen LogP contribution is 2.32. The zero-order valence-electron chi connectivity index (χ0n) is 17.8. The third-order valence-electron chi connectivity index (χ3n) is 5.95. The van der Waals surface area contributed by atoms with Gasteiger partial charge in [-0.3, -0.25) is 9.59 Å². The molecule has 2 atom stereocenters. The first-order valence-corrected chi connectivity index (χ1v) is 11.0. The van der Waals surface area contributed by atoms with Gasteiger partial charge in [0.25, 0.3) is 5.91 Å². The lowest BCUT2D eigenvalue weighted by Gasteiger charge is -2.27. The molecule has 2 aromatic carbocycles. The fourth-order valence-corrected chi connectivity index (χ4v) is 4.27. The molecular weight excluding hydrogens is 416 g/mol. The molecule has 6 nitrogen and oxygen atoms in total. The molecule has 0 spiro atoms. The van der Waals surface area contributed by atoms with E-state index in [0.29, 0.717) is 30.3 Å². The van der Waals surface area contributed by atoms with Gasteiger partial charge in [-0.25, -0.2) is 0 Å². The number of benzene rings is 2. The summed E-state index contributed by atoms with van der Waals surface area (Å²) in [5.41, 5.74) is 3.77. The van der Waals surface area contributed by atoms with Crippen molar-refractivity contribution in [1.82, 2.24) is 4.90 Å². The standard InChI is InChI=1S/C24H27ClN2O4/c1-15-5-3-7-20(16(15)2)26-23(28)14-27(13-19-6-4-10-30-19)24(29)22-12-17-11-18(25)8-9-21(17)31-22/h3,5,7-9,11,19,22H,4,6,10,12-14H2,1-2H3,(H,26,28)/t19-,22-/m0/s1. The number of aryl methyl sites for hydroxylation is 1. The molecular formula is C24H27ClN2O4. The van der Waals surface area contributed by atoms with Crippen LogP contribution in [0.25, 0.3) is 0 Å². The molecule has 2 aromatic rings. The Bertz CT molecular complexity index is 988. The molecule has 31 heavy (non-hydrogen) atoms. The SMILES string of the molecule is Cc1cccc(NC(=O)CN(C[C@@H]2CCCO2)C(=O)[C@@H]2Cc3cc(Cl)ccc3O2)c1C. The molecule has 0 unspecified atom stereocenters. The van der Waals surface area contributed by atoms with Crippen LogP contribution in [-0.2, 0) is 20.7 Å². The van der Waals surface area contributed by atoms with E-state index < -0.39 is 6.10 Å². The summed E-state index contributed by atoms with van der Waals surface area (Å²) in [6.45, 7) is 4.97. The Hall–Kier alpha value is -2.57. The quantitative estimate of drug-likeness (QED) is 0.736. The summed E-state index contributed by atoms with van der Waals surface area (Å²) in [6, 6.07) is 11.1. The van der Waals surface area contributed by atoms with E-state index >= 15 is 0 Å². The number of rotatable bonds is 6. The van der Waals surface area contributed by atoms with Gasteiger partial charge in [0.05, 0.1) is 6.10 Å². The fourth-order valence-electron chi connectivity index (χ4n) is 4.07. The minimum Gasteiger partial charge on any atom is -0.480 e. The maximum Gasteiger partial charge on any atom is 0.264 e. The van der Waals surface area contributed by atoms with Gasteiger partial charge in [-0.05, 0) is 67.6 Å². The van der Waals surface area contributed by atoms with Gasteiger partial charge in [-0.2, -0.15) is 0 Å². The average molecular weight is 443 g/mol. The van der Waals surface area contributed by atoms with Crippen molar-refractivity contribution in [3.63, 3.8) is 0 Å². The third kappa shape index (κ3) is 5.02. The van der Waals surface area contributed by atoms with Gasteiger partial charge in [-0.15, -0.1) is 0 Å². The van der Waals surface area contributed by atoms with Crippen LogP contribution < -0.4 is 10.1 Å². The molecule has 7 heteroatoms. The zero-order valence-corrected chi connectivity index (χ0v) is 18.6. The summed E-state index contributed by atoms with van der Waals surface area (Å²) in [5.74, 6) is 0.220. The molecule has 0 aromatic heterocycles. The molecule has 4 rings (SSSR count). The smallest absolute Gasteiger partial charge is 0.264 e. The second kappa shape index (κ2) is 9.28. The van der Waals surface area contributed by atoms with Gasteiger partial charge in [0.15, 0.2) is 6.10 Å². The van der Waals surface area contributed by atoms with Crippen molar-refractivity contribution >= 4 is 29.1 Å². The van der Waals surface area contributed by atoms with E-state index in [4.69, 9.17) is 21.1 Å². The molecule has 1 saturated heterocycles. The monoisotopic (exact) mass is 442 g/mol. The Morgan fingerprint density at radius 1 is 1.23 bits per heavy atom. The summed E-state index contributed by atoms with van der Waals surface area (Å²) >= 11 is 6.08. The molecule has 0 radical (unpaired) electrons. The molecule has 1 fully saturated rings. The van der Waals surface area contributed by atoms with Crippen molar-refractivity contribution < 1.29 is 19.1 Å². The van der Waals surface area contributed by atoms with Crippen LogP contribution in [0.4, 0.5) is 5.69 Å². The van der Waals surface area contributed by atoms with E-state index in [2.05, 4.69) is 5.32 Å². The Morgan fingerprint density at radius 2 is 2.06 bits per heavy atom. The number of nitrogens with one attached hydrogen (secondary N) is 1. The summed E-state index contributed by atoms with van der Waals surface area (Å²) in [7, 11) is 0. The van der Waals surface area contributed by atoms with Gasteiger partial charge >= 0.3 is 0 Å². The number of carbonyl (C=O) groups excluding carboxylic acids is 2. The Kier molecular flexibility index (Phi) is 6.49. The van der Waals surface area contributed by atoms with Crippen molar-refractivity contribution in [3.8, 4) is 5.75 Å². The third-order valence-corrected chi connectivity index (χ3v) is 6.18. The van der Waals surface area contributed by atoms with Crippen LogP contribution in [-0.4, -0.2) is 48.6 Å². The van der Waals surface area contributed by atoms with E-state index in [9.17, 15) is 9.59 Å². The normalized spacial score (nSPS) is 19.6. The lowest BCUT2D eigenvalue weighted by atomic mass is 10.1. The molecule has 2 heterocycles. The van der Waals surface area contributed by atoms with Gasteiger partial charge < -0.3 is 19.7 Å². The predicted molar refractivity (Wildman–Crippen MR) is 120 cm³/mol. The second-order valence-corrected chi connectivity index (χ2v) is 8.65. The van der Waals surface area contributed by atoms with Crippen molar-refractivity contribution in [1.29, 1.82) is 0 Å². The number of carbonyl (C=O) groups is 2. The van der Waals surface area contributed by atoms with E-state index in [1.807, 2.05) is 38.1 Å². The van der Waals surface area contributed by atoms with E-state index in [-0.39, 0.29) is 24.5 Å². The molecule has 1 N–H and O–H groups in total.